The Labute approximate surface area is 230 Å². The molecule has 1 amide bonds. The van der Waals surface area contributed by atoms with E-state index in [9.17, 15) is 22.4 Å². The fourth-order valence-corrected chi connectivity index (χ4v) is 5.26. The second-order valence-electron chi connectivity index (χ2n) is 11.2. The third-order valence-electron chi connectivity index (χ3n) is 7.61. The van der Waals surface area contributed by atoms with E-state index in [0.29, 0.717) is 36.5 Å². The first-order valence-electron chi connectivity index (χ1n) is 13.6. The van der Waals surface area contributed by atoms with Crippen molar-refractivity contribution >= 4 is 11.7 Å². The number of likely N-dealkylation sites (tertiary alicyclic amines) is 1. The molecule has 6 nitrogen and oxygen atoms in total. The van der Waals surface area contributed by atoms with Gasteiger partial charge in [0.05, 0.1) is 11.9 Å². The molecule has 1 aromatic heterocycles. The maximum Gasteiger partial charge on any atom is 0.435 e. The van der Waals surface area contributed by atoms with Crippen LogP contribution in [0.15, 0.2) is 42.6 Å². The summed E-state index contributed by atoms with van der Waals surface area (Å²) in [7, 11) is 0. The number of amidine groups is 1. The molecule has 1 saturated heterocycles. The van der Waals surface area contributed by atoms with Crippen molar-refractivity contribution in [2.75, 3.05) is 6.54 Å². The van der Waals surface area contributed by atoms with E-state index in [1.54, 1.807) is 45.0 Å². The Kier molecular flexibility index (Phi) is 7.46. The first kappa shape index (κ1) is 27.9. The van der Waals surface area contributed by atoms with Crippen LogP contribution in [-0.2, 0) is 12.7 Å². The molecule has 2 heterocycles. The van der Waals surface area contributed by atoms with Gasteiger partial charge in [0.2, 0.25) is 0 Å². The van der Waals surface area contributed by atoms with E-state index in [4.69, 9.17) is 5.41 Å². The van der Waals surface area contributed by atoms with Gasteiger partial charge in [-0.2, -0.15) is 18.3 Å². The van der Waals surface area contributed by atoms with E-state index in [-0.39, 0.29) is 40.5 Å². The number of aromatic nitrogens is 2. The zero-order valence-corrected chi connectivity index (χ0v) is 22.8. The summed E-state index contributed by atoms with van der Waals surface area (Å²) in [5, 5.41) is 15.1. The SMILES string of the molecule is Cc1cc([C@@H](NC(=O)c2cc(CN3CCCC3=N)cc(-c3cn(C(C)C)nc3C(F)(F)F)c2)C2CC2)ccc1F. The van der Waals surface area contributed by atoms with Gasteiger partial charge in [-0.25, -0.2) is 4.39 Å². The topological polar surface area (TPSA) is 74.0 Å². The highest BCUT2D eigenvalue weighted by atomic mass is 19.4. The molecule has 3 aromatic rings. The Morgan fingerprint density at radius 2 is 1.93 bits per heavy atom. The van der Waals surface area contributed by atoms with Gasteiger partial charge < -0.3 is 10.2 Å². The van der Waals surface area contributed by atoms with Crippen LogP contribution in [0.2, 0.25) is 0 Å². The molecular formula is C30H33F4N5O. The minimum absolute atomic E-state index is 0.0958. The molecular weight excluding hydrogens is 522 g/mol. The van der Waals surface area contributed by atoms with Crippen LogP contribution in [0.1, 0.15) is 84.4 Å². The molecule has 10 heteroatoms. The number of alkyl halides is 3. The number of carbonyl (C=O) groups excluding carboxylic acids is 1. The van der Waals surface area contributed by atoms with Crippen molar-refractivity contribution in [3.63, 3.8) is 0 Å². The maximum absolute atomic E-state index is 14.0. The van der Waals surface area contributed by atoms with Crippen LogP contribution < -0.4 is 5.32 Å². The summed E-state index contributed by atoms with van der Waals surface area (Å²) in [6.45, 7) is 6.17. The molecule has 2 fully saturated rings. The molecule has 1 atom stereocenters. The minimum Gasteiger partial charge on any atom is -0.356 e. The van der Waals surface area contributed by atoms with Crippen molar-refractivity contribution in [1.29, 1.82) is 5.41 Å². The highest BCUT2D eigenvalue weighted by molar-refractivity contribution is 5.96. The lowest BCUT2D eigenvalue weighted by Crippen LogP contribution is -2.30. The fraction of sp³-hybridized carbons (Fsp3) is 0.433. The molecule has 5 rings (SSSR count). The standard InChI is InChI=1S/C30H33F4N5O/c1-17(2)39-16-24(28(37-39)30(32,33)34)22-12-19(15-38-10-4-5-26(38)35)13-23(14-22)29(40)36-27(20-6-7-20)21-8-9-25(31)18(3)11-21/h8-9,11-14,16-17,20,27,35H,4-7,10,15H2,1-3H3,(H,36,40)/t27-/m0/s1. The fourth-order valence-electron chi connectivity index (χ4n) is 5.26. The smallest absolute Gasteiger partial charge is 0.356 e. The van der Waals surface area contributed by atoms with Gasteiger partial charge in [-0.3, -0.25) is 14.9 Å². The number of amides is 1. The molecule has 1 aliphatic heterocycles. The molecule has 2 N–H and O–H groups in total. The molecule has 1 saturated carbocycles. The van der Waals surface area contributed by atoms with Gasteiger partial charge in [-0.05, 0) is 92.5 Å². The highest BCUT2D eigenvalue weighted by Gasteiger charge is 2.38. The zero-order valence-electron chi connectivity index (χ0n) is 22.8. The molecule has 1 aliphatic carbocycles. The Morgan fingerprint density at radius 3 is 2.52 bits per heavy atom. The number of halogens is 4. The zero-order chi connectivity index (χ0) is 28.8. The summed E-state index contributed by atoms with van der Waals surface area (Å²) in [6, 6.07) is 8.99. The highest BCUT2D eigenvalue weighted by Crippen LogP contribution is 2.42. The number of rotatable bonds is 8. The number of nitrogens with zero attached hydrogens (tertiary/aromatic N) is 3. The van der Waals surface area contributed by atoms with Crippen LogP contribution in [0.25, 0.3) is 11.1 Å². The van der Waals surface area contributed by atoms with Crippen molar-refractivity contribution in [2.24, 2.45) is 5.92 Å². The van der Waals surface area contributed by atoms with Crippen LogP contribution in [0.4, 0.5) is 17.6 Å². The minimum atomic E-state index is -4.68. The number of hydrogen-bond acceptors (Lipinski definition) is 3. The van der Waals surface area contributed by atoms with E-state index in [1.165, 1.54) is 23.0 Å². The quantitative estimate of drug-likeness (QED) is 0.293. The molecule has 2 aliphatic rings. The van der Waals surface area contributed by atoms with E-state index in [2.05, 4.69) is 10.4 Å². The van der Waals surface area contributed by atoms with Crippen LogP contribution in [0.5, 0.6) is 0 Å². The lowest BCUT2D eigenvalue weighted by atomic mass is 9.97. The molecule has 212 valence electrons. The second-order valence-corrected chi connectivity index (χ2v) is 11.2. The average molecular weight is 556 g/mol. The van der Waals surface area contributed by atoms with Crippen LogP contribution >= 0.6 is 0 Å². The van der Waals surface area contributed by atoms with E-state index in [1.807, 2.05) is 4.90 Å². The van der Waals surface area contributed by atoms with Gasteiger partial charge >= 0.3 is 6.18 Å². The normalized spacial score (nSPS) is 16.6. The Bertz CT molecular complexity index is 1440. The van der Waals surface area contributed by atoms with Crippen molar-refractivity contribution in [3.8, 4) is 11.1 Å². The first-order chi connectivity index (χ1) is 18.9. The lowest BCUT2D eigenvalue weighted by molar-refractivity contribution is -0.141. The molecule has 2 aromatic carbocycles. The van der Waals surface area contributed by atoms with Gasteiger partial charge in [-0.15, -0.1) is 0 Å². The summed E-state index contributed by atoms with van der Waals surface area (Å²) in [5.41, 5.74) is 1.30. The maximum atomic E-state index is 14.0. The molecule has 0 radical (unpaired) electrons. The predicted molar refractivity (Wildman–Crippen MR) is 144 cm³/mol. The Hall–Kier alpha value is -3.69. The van der Waals surface area contributed by atoms with E-state index < -0.39 is 17.8 Å². The Morgan fingerprint density at radius 1 is 1.18 bits per heavy atom. The number of benzene rings is 2. The van der Waals surface area contributed by atoms with Crippen LogP contribution in [-0.4, -0.2) is 33.0 Å². The summed E-state index contributed by atoms with van der Waals surface area (Å²) in [5.74, 6) is -0.0525. The van der Waals surface area contributed by atoms with Crippen molar-refractivity contribution in [2.45, 2.75) is 71.3 Å². The van der Waals surface area contributed by atoms with Gasteiger partial charge in [0.1, 0.15) is 5.82 Å². The third-order valence-corrected chi connectivity index (χ3v) is 7.61. The van der Waals surface area contributed by atoms with Crippen molar-refractivity contribution < 1.29 is 22.4 Å². The summed E-state index contributed by atoms with van der Waals surface area (Å²) in [4.78, 5) is 15.5. The predicted octanol–water partition coefficient (Wildman–Crippen LogP) is 7.05. The van der Waals surface area contributed by atoms with Gasteiger partial charge in [0.25, 0.3) is 5.91 Å². The van der Waals surface area contributed by atoms with Crippen LogP contribution in [0, 0.1) is 24.1 Å². The largest absolute Gasteiger partial charge is 0.435 e. The van der Waals surface area contributed by atoms with Crippen molar-refractivity contribution in [1.82, 2.24) is 20.0 Å². The first-order valence-corrected chi connectivity index (χ1v) is 13.6. The van der Waals surface area contributed by atoms with E-state index >= 15 is 0 Å². The lowest BCUT2D eigenvalue weighted by Gasteiger charge is -2.21. The average Bonchev–Trinajstić information content (AvgIpc) is 3.48. The van der Waals surface area contributed by atoms with Crippen LogP contribution in [0.3, 0.4) is 0 Å². The number of aryl methyl sites for hydroxylation is 1. The molecule has 0 spiro atoms. The van der Waals surface area contributed by atoms with Gasteiger partial charge in [0.15, 0.2) is 5.69 Å². The monoisotopic (exact) mass is 555 g/mol. The number of nitrogens with one attached hydrogen (secondary N) is 2. The van der Waals surface area contributed by atoms with E-state index in [0.717, 1.165) is 24.8 Å². The number of hydrogen-bond donors (Lipinski definition) is 2. The molecule has 0 unspecified atom stereocenters. The van der Waals surface area contributed by atoms with Gasteiger partial charge in [-0.1, -0.05) is 12.1 Å². The summed E-state index contributed by atoms with van der Waals surface area (Å²) >= 11 is 0. The summed E-state index contributed by atoms with van der Waals surface area (Å²) in [6.07, 6.45) is 0.0288. The van der Waals surface area contributed by atoms with Crippen molar-refractivity contribution in [3.05, 3.63) is 76.4 Å². The summed E-state index contributed by atoms with van der Waals surface area (Å²) < 4.78 is 57.3. The Balaban J connectivity index is 1.54. The number of carbonyl (C=O) groups is 1. The second kappa shape index (κ2) is 10.7. The molecule has 0 bridgehead atoms. The van der Waals surface area contributed by atoms with Gasteiger partial charge in [0, 0.05) is 42.9 Å². The third kappa shape index (κ3) is 5.90. The molecule has 40 heavy (non-hydrogen) atoms.